The Kier molecular flexibility index (Phi) is 7.18. The summed E-state index contributed by atoms with van der Waals surface area (Å²) in [7, 11) is 0. The van der Waals surface area contributed by atoms with E-state index in [4.69, 9.17) is 5.11 Å². The molecule has 1 heterocycles. The molecule has 5 nitrogen and oxygen atoms in total. The first-order chi connectivity index (χ1) is 9.88. The van der Waals surface area contributed by atoms with Gasteiger partial charge in [-0.05, 0) is 39.5 Å². The van der Waals surface area contributed by atoms with Crippen molar-refractivity contribution in [2.75, 3.05) is 26.2 Å². The molecule has 0 radical (unpaired) electrons. The van der Waals surface area contributed by atoms with Crippen LogP contribution in [0.4, 0.5) is 4.79 Å². The Morgan fingerprint density at radius 2 is 2.05 bits per heavy atom. The first kappa shape index (κ1) is 18.0. The maximum Gasteiger partial charge on any atom is 0.315 e. The van der Waals surface area contributed by atoms with Crippen molar-refractivity contribution in [1.82, 2.24) is 15.5 Å². The number of hydrogen-bond acceptors (Lipinski definition) is 3. The number of aliphatic hydroxyl groups excluding tert-OH is 1. The number of carbonyl (C=O) groups is 1. The minimum absolute atomic E-state index is 0.0872. The average Bonchev–Trinajstić information content (AvgIpc) is 2.40. The van der Waals surface area contributed by atoms with Gasteiger partial charge in [0.2, 0.25) is 0 Å². The quantitative estimate of drug-likeness (QED) is 0.629. The van der Waals surface area contributed by atoms with Gasteiger partial charge in [0.15, 0.2) is 0 Å². The molecule has 1 aliphatic heterocycles. The number of carbonyl (C=O) groups excluding carboxylic acids is 1. The van der Waals surface area contributed by atoms with Crippen LogP contribution in [0.15, 0.2) is 12.2 Å². The number of nitrogens with zero attached hydrogens (tertiary/aromatic N) is 1. The predicted molar refractivity (Wildman–Crippen MR) is 86.3 cm³/mol. The lowest BCUT2D eigenvalue weighted by Crippen LogP contribution is -2.54. The van der Waals surface area contributed by atoms with Crippen molar-refractivity contribution in [2.45, 2.75) is 58.0 Å². The van der Waals surface area contributed by atoms with Crippen LogP contribution in [-0.2, 0) is 0 Å². The molecule has 21 heavy (non-hydrogen) atoms. The highest BCUT2D eigenvalue weighted by Crippen LogP contribution is 2.15. The molecular formula is C16H31N3O2. The molecule has 1 saturated heterocycles. The monoisotopic (exact) mass is 297 g/mol. The molecule has 0 spiro atoms. The van der Waals surface area contributed by atoms with Gasteiger partial charge in [-0.25, -0.2) is 4.79 Å². The first-order valence-electron chi connectivity index (χ1n) is 7.95. The maximum atomic E-state index is 12.1. The van der Waals surface area contributed by atoms with Crippen LogP contribution in [0.3, 0.4) is 0 Å². The van der Waals surface area contributed by atoms with Crippen molar-refractivity contribution in [3.63, 3.8) is 0 Å². The Morgan fingerprint density at radius 1 is 1.43 bits per heavy atom. The molecule has 0 aromatic carbocycles. The number of piperidine rings is 1. The van der Waals surface area contributed by atoms with E-state index in [1.807, 2.05) is 20.8 Å². The van der Waals surface area contributed by atoms with Crippen LogP contribution in [0, 0.1) is 0 Å². The van der Waals surface area contributed by atoms with Crippen molar-refractivity contribution in [3.05, 3.63) is 12.2 Å². The summed E-state index contributed by atoms with van der Waals surface area (Å²) >= 11 is 0. The Bertz CT molecular complexity index is 351. The number of aliphatic hydroxyl groups is 1. The number of urea groups is 1. The lowest BCUT2D eigenvalue weighted by molar-refractivity contribution is 0.185. The Balaban J connectivity index is 2.34. The minimum Gasteiger partial charge on any atom is -0.396 e. The van der Waals surface area contributed by atoms with Gasteiger partial charge < -0.3 is 15.7 Å². The standard InChI is InChI=1S/C16H31N3O2/c1-5-16(4,8-11-20)18-15(21)17-14-6-9-19(10-7-14)12-13(2)3/h14,20H,2,5-12H2,1,3-4H3,(H2,17,18,21). The van der Waals surface area contributed by atoms with E-state index in [0.29, 0.717) is 6.42 Å². The van der Waals surface area contributed by atoms with Crippen LogP contribution >= 0.6 is 0 Å². The van der Waals surface area contributed by atoms with Gasteiger partial charge in [-0.15, -0.1) is 0 Å². The van der Waals surface area contributed by atoms with E-state index in [9.17, 15) is 4.79 Å². The third-order valence-corrected chi connectivity index (χ3v) is 4.28. The van der Waals surface area contributed by atoms with E-state index >= 15 is 0 Å². The molecule has 1 unspecified atom stereocenters. The highest BCUT2D eigenvalue weighted by Gasteiger charge is 2.26. The second-order valence-corrected chi connectivity index (χ2v) is 6.49. The van der Waals surface area contributed by atoms with Gasteiger partial charge >= 0.3 is 6.03 Å². The zero-order chi connectivity index (χ0) is 15.9. The summed E-state index contributed by atoms with van der Waals surface area (Å²) in [4.78, 5) is 14.5. The van der Waals surface area contributed by atoms with Crippen LogP contribution in [0.2, 0.25) is 0 Å². The number of nitrogens with one attached hydrogen (secondary N) is 2. The lowest BCUT2D eigenvalue weighted by atomic mass is 9.95. The van der Waals surface area contributed by atoms with E-state index in [1.165, 1.54) is 5.57 Å². The minimum atomic E-state index is -0.334. The number of likely N-dealkylation sites (tertiary alicyclic amines) is 1. The molecule has 0 aliphatic carbocycles. The smallest absolute Gasteiger partial charge is 0.315 e. The molecule has 2 amide bonds. The van der Waals surface area contributed by atoms with Crippen molar-refractivity contribution in [2.24, 2.45) is 0 Å². The van der Waals surface area contributed by atoms with E-state index in [1.54, 1.807) is 0 Å². The summed E-state index contributed by atoms with van der Waals surface area (Å²) in [6.45, 7) is 13.0. The summed E-state index contributed by atoms with van der Waals surface area (Å²) in [5.74, 6) is 0. The van der Waals surface area contributed by atoms with E-state index in [2.05, 4.69) is 22.1 Å². The molecule has 122 valence electrons. The zero-order valence-electron chi connectivity index (χ0n) is 13.7. The van der Waals surface area contributed by atoms with Crippen molar-refractivity contribution in [3.8, 4) is 0 Å². The van der Waals surface area contributed by atoms with E-state index < -0.39 is 0 Å². The summed E-state index contributed by atoms with van der Waals surface area (Å²) in [6, 6.07) is 0.118. The molecule has 5 heteroatoms. The third kappa shape index (κ3) is 6.48. The normalized spacial score (nSPS) is 19.8. The average molecular weight is 297 g/mol. The first-order valence-corrected chi connectivity index (χ1v) is 7.95. The van der Waals surface area contributed by atoms with Gasteiger partial charge in [0.05, 0.1) is 0 Å². The zero-order valence-corrected chi connectivity index (χ0v) is 13.7. The predicted octanol–water partition coefficient (Wildman–Crippen LogP) is 1.88. The third-order valence-electron chi connectivity index (χ3n) is 4.28. The Labute approximate surface area is 128 Å². The summed E-state index contributed by atoms with van der Waals surface area (Å²) < 4.78 is 0. The second kappa shape index (κ2) is 8.39. The molecule has 1 atom stereocenters. The number of rotatable bonds is 7. The number of amides is 2. The van der Waals surface area contributed by atoms with Gasteiger partial charge in [-0.3, -0.25) is 4.90 Å². The van der Waals surface area contributed by atoms with Crippen LogP contribution in [0.25, 0.3) is 0 Å². The van der Waals surface area contributed by atoms with Gasteiger partial charge in [-0.1, -0.05) is 19.1 Å². The summed E-state index contributed by atoms with van der Waals surface area (Å²) in [5.41, 5.74) is 0.848. The van der Waals surface area contributed by atoms with Crippen LogP contribution in [-0.4, -0.2) is 53.9 Å². The van der Waals surface area contributed by atoms with Crippen molar-refractivity contribution < 1.29 is 9.90 Å². The largest absolute Gasteiger partial charge is 0.396 e. The van der Waals surface area contributed by atoms with Crippen LogP contribution < -0.4 is 10.6 Å². The second-order valence-electron chi connectivity index (χ2n) is 6.49. The maximum absolute atomic E-state index is 12.1. The summed E-state index contributed by atoms with van der Waals surface area (Å²) in [5, 5.41) is 15.1. The van der Waals surface area contributed by atoms with Crippen molar-refractivity contribution >= 4 is 6.03 Å². The molecule has 1 fully saturated rings. The Morgan fingerprint density at radius 3 is 2.52 bits per heavy atom. The fourth-order valence-corrected chi connectivity index (χ4v) is 2.69. The van der Waals surface area contributed by atoms with E-state index in [-0.39, 0.29) is 24.2 Å². The van der Waals surface area contributed by atoms with Crippen LogP contribution in [0.1, 0.15) is 46.5 Å². The Hall–Kier alpha value is -1.07. The molecule has 0 aromatic rings. The number of hydrogen-bond donors (Lipinski definition) is 3. The van der Waals surface area contributed by atoms with Gasteiger partial charge in [0.1, 0.15) is 0 Å². The molecule has 0 saturated carbocycles. The molecule has 0 aromatic heterocycles. The highest BCUT2D eigenvalue weighted by atomic mass is 16.3. The SMILES string of the molecule is C=C(C)CN1CCC(NC(=O)NC(C)(CC)CCO)CC1. The topological polar surface area (TPSA) is 64.6 Å². The van der Waals surface area contributed by atoms with Crippen LogP contribution in [0.5, 0.6) is 0 Å². The fourth-order valence-electron chi connectivity index (χ4n) is 2.69. The molecule has 1 aliphatic rings. The summed E-state index contributed by atoms with van der Waals surface area (Å²) in [6.07, 6.45) is 3.33. The van der Waals surface area contributed by atoms with Gasteiger partial charge in [0, 0.05) is 37.8 Å². The van der Waals surface area contributed by atoms with Gasteiger partial charge in [0.25, 0.3) is 0 Å². The lowest BCUT2D eigenvalue weighted by Gasteiger charge is -2.34. The van der Waals surface area contributed by atoms with Crippen molar-refractivity contribution in [1.29, 1.82) is 0 Å². The highest BCUT2D eigenvalue weighted by molar-refractivity contribution is 5.75. The molecule has 3 N–H and O–H groups in total. The fraction of sp³-hybridized carbons (Fsp3) is 0.812. The molecular weight excluding hydrogens is 266 g/mol. The molecule has 0 bridgehead atoms. The van der Waals surface area contributed by atoms with E-state index in [0.717, 1.165) is 38.9 Å². The van der Waals surface area contributed by atoms with Gasteiger partial charge in [-0.2, -0.15) is 0 Å². The molecule has 1 rings (SSSR count).